The largest absolute Gasteiger partial charge is 0.329 e. The molecule has 0 spiro atoms. The Morgan fingerprint density at radius 1 is 0.963 bits per heavy atom. The molecule has 1 saturated heterocycles. The number of likely N-dealkylation sites (tertiary alicyclic amines) is 1. The molecule has 0 radical (unpaired) electrons. The number of benzene rings is 1. The standard InChI is InChI=1S/C20H32N4O2.ClH/c1-3-20(4-2,15-21)18(25)22-16-9-11-17(12-10-16)23-19(26)24-13-7-5-6-8-14-24;/h9-12H,3-8,13-15,21H2,1-2H3,(H,22,25)(H,23,26);1H. The molecule has 4 N–H and O–H groups in total. The number of hydrogen-bond acceptors (Lipinski definition) is 3. The molecule has 0 saturated carbocycles. The molecule has 1 aliphatic rings. The Balaban J connectivity index is 0.00000364. The molecule has 2 rings (SSSR count). The molecule has 1 heterocycles. The average Bonchev–Trinajstić information content (AvgIpc) is 2.95. The van der Waals surface area contributed by atoms with Crippen molar-refractivity contribution in [1.82, 2.24) is 4.90 Å². The van der Waals surface area contributed by atoms with E-state index in [9.17, 15) is 9.59 Å². The van der Waals surface area contributed by atoms with E-state index in [1.807, 2.05) is 43.0 Å². The molecule has 0 aliphatic carbocycles. The number of urea groups is 1. The van der Waals surface area contributed by atoms with Gasteiger partial charge in [0.1, 0.15) is 0 Å². The van der Waals surface area contributed by atoms with Crippen molar-refractivity contribution in [2.75, 3.05) is 30.3 Å². The van der Waals surface area contributed by atoms with Gasteiger partial charge in [-0.25, -0.2) is 4.79 Å². The van der Waals surface area contributed by atoms with Crippen LogP contribution in [0.25, 0.3) is 0 Å². The van der Waals surface area contributed by atoms with Gasteiger partial charge in [0.2, 0.25) is 5.91 Å². The van der Waals surface area contributed by atoms with Gasteiger partial charge in [-0.05, 0) is 49.9 Å². The monoisotopic (exact) mass is 396 g/mol. The van der Waals surface area contributed by atoms with Gasteiger partial charge in [0.15, 0.2) is 0 Å². The van der Waals surface area contributed by atoms with E-state index in [2.05, 4.69) is 10.6 Å². The van der Waals surface area contributed by atoms with Crippen LogP contribution in [0.3, 0.4) is 0 Å². The summed E-state index contributed by atoms with van der Waals surface area (Å²) in [5.41, 5.74) is 6.74. The van der Waals surface area contributed by atoms with Crippen molar-refractivity contribution >= 4 is 35.7 Å². The molecule has 0 unspecified atom stereocenters. The Hall–Kier alpha value is -1.79. The first-order valence-electron chi connectivity index (χ1n) is 9.72. The Bertz CT molecular complexity index is 586. The zero-order valence-electron chi connectivity index (χ0n) is 16.4. The van der Waals surface area contributed by atoms with E-state index < -0.39 is 5.41 Å². The fraction of sp³-hybridized carbons (Fsp3) is 0.600. The molecule has 3 amide bonds. The second kappa shape index (κ2) is 11.1. The van der Waals surface area contributed by atoms with E-state index in [-0.39, 0.29) is 24.3 Å². The zero-order chi connectivity index (χ0) is 19.0. The van der Waals surface area contributed by atoms with E-state index in [1.54, 1.807) is 0 Å². The van der Waals surface area contributed by atoms with Gasteiger partial charge in [-0.15, -0.1) is 12.4 Å². The third-order valence-electron chi connectivity index (χ3n) is 5.51. The average molecular weight is 397 g/mol. The van der Waals surface area contributed by atoms with Crippen molar-refractivity contribution in [2.24, 2.45) is 11.1 Å². The highest BCUT2D eigenvalue weighted by Crippen LogP contribution is 2.27. The van der Waals surface area contributed by atoms with Gasteiger partial charge in [-0.2, -0.15) is 0 Å². The SMILES string of the molecule is CCC(CC)(CN)C(=O)Nc1ccc(NC(=O)N2CCCCCC2)cc1.Cl. The number of rotatable bonds is 6. The first kappa shape index (κ1) is 23.2. The van der Waals surface area contributed by atoms with E-state index in [4.69, 9.17) is 5.73 Å². The van der Waals surface area contributed by atoms with Gasteiger partial charge >= 0.3 is 6.03 Å². The Kier molecular flexibility index (Phi) is 9.60. The first-order valence-corrected chi connectivity index (χ1v) is 9.72. The number of carbonyl (C=O) groups is 2. The maximum atomic E-state index is 12.6. The zero-order valence-corrected chi connectivity index (χ0v) is 17.2. The van der Waals surface area contributed by atoms with Crippen molar-refractivity contribution in [1.29, 1.82) is 0 Å². The molecule has 0 bridgehead atoms. The molecule has 152 valence electrons. The normalized spacial score (nSPS) is 14.7. The Labute approximate surface area is 168 Å². The maximum Gasteiger partial charge on any atom is 0.321 e. The van der Waals surface area contributed by atoms with Gasteiger partial charge < -0.3 is 21.3 Å². The summed E-state index contributed by atoms with van der Waals surface area (Å²) in [4.78, 5) is 26.8. The summed E-state index contributed by atoms with van der Waals surface area (Å²) in [6.45, 7) is 5.93. The van der Waals surface area contributed by atoms with Crippen LogP contribution in [-0.2, 0) is 4.79 Å². The van der Waals surface area contributed by atoms with Crippen LogP contribution in [0.15, 0.2) is 24.3 Å². The van der Waals surface area contributed by atoms with Gasteiger partial charge in [0.05, 0.1) is 5.41 Å². The fourth-order valence-corrected chi connectivity index (χ4v) is 3.33. The Morgan fingerprint density at radius 2 is 1.44 bits per heavy atom. The molecule has 1 aromatic rings. The minimum absolute atomic E-state index is 0. The number of halogens is 1. The van der Waals surface area contributed by atoms with Crippen LogP contribution in [-0.4, -0.2) is 36.5 Å². The second-order valence-corrected chi connectivity index (χ2v) is 7.05. The predicted octanol–water partition coefficient (Wildman–Crippen LogP) is 4.22. The van der Waals surface area contributed by atoms with E-state index in [1.165, 1.54) is 12.8 Å². The van der Waals surface area contributed by atoms with Gasteiger partial charge in [0, 0.05) is 31.0 Å². The van der Waals surface area contributed by atoms with Gasteiger partial charge in [-0.3, -0.25) is 4.79 Å². The van der Waals surface area contributed by atoms with Crippen LogP contribution in [0.1, 0.15) is 52.4 Å². The van der Waals surface area contributed by atoms with Crippen molar-refractivity contribution in [3.8, 4) is 0 Å². The maximum absolute atomic E-state index is 12.6. The predicted molar refractivity (Wildman–Crippen MR) is 113 cm³/mol. The minimum Gasteiger partial charge on any atom is -0.329 e. The van der Waals surface area contributed by atoms with Crippen LogP contribution in [0.5, 0.6) is 0 Å². The van der Waals surface area contributed by atoms with Crippen LogP contribution >= 0.6 is 12.4 Å². The second-order valence-electron chi connectivity index (χ2n) is 7.05. The van der Waals surface area contributed by atoms with E-state index >= 15 is 0 Å². The minimum atomic E-state index is -0.528. The lowest BCUT2D eigenvalue weighted by atomic mass is 9.81. The Morgan fingerprint density at radius 3 is 1.89 bits per heavy atom. The lowest BCUT2D eigenvalue weighted by Crippen LogP contribution is -2.41. The van der Waals surface area contributed by atoms with Crippen molar-refractivity contribution in [3.63, 3.8) is 0 Å². The summed E-state index contributed by atoms with van der Waals surface area (Å²) in [7, 11) is 0. The molecular weight excluding hydrogens is 364 g/mol. The number of nitrogens with two attached hydrogens (primary N) is 1. The lowest BCUT2D eigenvalue weighted by molar-refractivity contribution is -0.125. The van der Waals surface area contributed by atoms with Crippen LogP contribution in [0.4, 0.5) is 16.2 Å². The fourth-order valence-electron chi connectivity index (χ4n) is 3.33. The summed E-state index contributed by atoms with van der Waals surface area (Å²) in [5.74, 6) is -0.0497. The molecule has 1 fully saturated rings. The number of anilines is 2. The summed E-state index contributed by atoms with van der Waals surface area (Å²) in [6.07, 6.45) is 5.92. The number of nitrogens with one attached hydrogen (secondary N) is 2. The quantitative estimate of drug-likeness (QED) is 0.672. The number of hydrogen-bond donors (Lipinski definition) is 3. The summed E-state index contributed by atoms with van der Waals surface area (Å²) < 4.78 is 0. The molecule has 0 aromatic heterocycles. The highest BCUT2D eigenvalue weighted by molar-refractivity contribution is 5.96. The third-order valence-corrected chi connectivity index (χ3v) is 5.51. The smallest absolute Gasteiger partial charge is 0.321 e. The van der Waals surface area contributed by atoms with Crippen molar-refractivity contribution in [2.45, 2.75) is 52.4 Å². The van der Waals surface area contributed by atoms with Crippen LogP contribution in [0, 0.1) is 5.41 Å². The summed E-state index contributed by atoms with van der Waals surface area (Å²) in [6, 6.07) is 7.19. The van der Waals surface area contributed by atoms with E-state index in [0.29, 0.717) is 25.1 Å². The number of carbonyl (C=O) groups excluding carboxylic acids is 2. The topological polar surface area (TPSA) is 87.5 Å². The molecule has 1 aliphatic heterocycles. The molecule has 0 atom stereocenters. The van der Waals surface area contributed by atoms with E-state index in [0.717, 1.165) is 31.6 Å². The highest BCUT2D eigenvalue weighted by Gasteiger charge is 2.33. The van der Waals surface area contributed by atoms with Crippen molar-refractivity contribution in [3.05, 3.63) is 24.3 Å². The number of nitrogens with zero attached hydrogens (tertiary/aromatic N) is 1. The molecular formula is C20H33ClN4O2. The third kappa shape index (κ3) is 6.11. The molecule has 1 aromatic carbocycles. The van der Waals surface area contributed by atoms with Crippen molar-refractivity contribution < 1.29 is 9.59 Å². The molecule has 6 nitrogen and oxygen atoms in total. The first-order chi connectivity index (χ1) is 12.5. The summed E-state index contributed by atoms with van der Waals surface area (Å²) in [5, 5.41) is 5.88. The van der Waals surface area contributed by atoms with Gasteiger partial charge in [0.25, 0.3) is 0 Å². The molecule has 27 heavy (non-hydrogen) atoms. The van der Waals surface area contributed by atoms with Gasteiger partial charge in [-0.1, -0.05) is 26.7 Å². The van der Waals surface area contributed by atoms with Crippen LogP contribution < -0.4 is 16.4 Å². The summed E-state index contributed by atoms with van der Waals surface area (Å²) >= 11 is 0. The molecule has 7 heteroatoms. The van der Waals surface area contributed by atoms with Crippen LogP contribution in [0.2, 0.25) is 0 Å². The lowest BCUT2D eigenvalue weighted by Gasteiger charge is -2.28. The highest BCUT2D eigenvalue weighted by atomic mass is 35.5. The number of amides is 3.